The Bertz CT molecular complexity index is 189. The zero-order chi connectivity index (χ0) is 10.7. The van der Waals surface area contributed by atoms with Crippen LogP contribution in [0.2, 0.25) is 0 Å². The molecule has 1 aliphatic heterocycles. The molecule has 0 unspecified atom stereocenters. The first-order valence-electron chi connectivity index (χ1n) is 6.60. The fourth-order valence-electron chi connectivity index (χ4n) is 2.39. The Hall–Kier alpha value is -0.0800. The quantitative estimate of drug-likeness (QED) is 0.754. The molecule has 0 bridgehead atoms. The fourth-order valence-corrected chi connectivity index (χ4v) is 2.39. The molecule has 1 heterocycles. The van der Waals surface area contributed by atoms with Gasteiger partial charge in [0, 0.05) is 12.6 Å². The maximum atomic E-state index is 5.82. The molecule has 1 N–H and O–H groups in total. The van der Waals surface area contributed by atoms with Gasteiger partial charge < -0.3 is 10.1 Å². The van der Waals surface area contributed by atoms with Crippen LogP contribution < -0.4 is 5.32 Å². The molecule has 15 heavy (non-hydrogen) atoms. The molecule has 2 aliphatic rings. The van der Waals surface area contributed by atoms with Crippen molar-refractivity contribution in [1.82, 2.24) is 5.32 Å². The van der Waals surface area contributed by atoms with Crippen LogP contribution >= 0.6 is 0 Å². The van der Waals surface area contributed by atoms with Crippen molar-refractivity contribution in [2.24, 2.45) is 11.8 Å². The minimum atomic E-state index is 0.579. The van der Waals surface area contributed by atoms with Gasteiger partial charge in [0.1, 0.15) is 0 Å². The van der Waals surface area contributed by atoms with Gasteiger partial charge in [-0.15, -0.1) is 0 Å². The molecule has 2 atom stereocenters. The lowest BCUT2D eigenvalue weighted by Gasteiger charge is -2.30. The summed E-state index contributed by atoms with van der Waals surface area (Å²) in [6, 6.07) is 0.725. The van der Waals surface area contributed by atoms with Crippen LogP contribution in [0.3, 0.4) is 0 Å². The molecule has 2 heteroatoms. The van der Waals surface area contributed by atoms with Crippen molar-refractivity contribution in [1.29, 1.82) is 0 Å². The van der Waals surface area contributed by atoms with Gasteiger partial charge in [-0.05, 0) is 50.5 Å². The van der Waals surface area contributed by atoms with Gasteiger partial charge in [0.25, 0.3) is 0 Å². The largest absolute Gasteiger partial charge is 0.378 e. The van der Waals surface area contributed by atoms with E-state index in [0.29, 0.717) is 6.10 Å². The van der Waals surface area contributed by atoms with Crippen LogP contribution in [0.15, 0.2) is 0 Å². The average Bonchev–Trinajstić information content (AvgIpc) is 3.01. The lowest BCUT2D eigenvalue weighted by Crippen LogP contribution is -2.40. The van der Waals surface area contributed by atoms with Crippen molar-refractivity contribution in [2.75, 3.05) is 13.2 Å². The highest BCUT2D eigenvalue weighted by atomic mass is 16.5. The van der Waals surface area contributed by atoms with Gasteiger partial charge in [0.2, 0.25) is 0 Å². The third kappa shape index (κ3) is 3.76. The smallest absolute Gasteiger partial charge is 0.0618 e. The zero-order valence-corrected chi connectivity index (χ0v) is 10.2. The first-order valence-corrected chi connectivity index (χ1v) is 6.60. The Morgan fingerprint density at radius 3 is 2.73 bits per heavy atom. The van der Waals surface area contributed by atoms with E-state index < -0.39 is 0 Å². The van der Waals surface area contributed by atoms with Crippen LogP contribution in [0.1, 0.15) is 46.0 Å². The normalized spacial score (nSPS) is 32.2. The van der Waals surface area contributed by atoms with Crippen LogP contribution in [-0.2, 0) is 4.74 Å². The molecule has 2 fully saturated rings. The Kier molecular flexibility index (Phi) is 4.04. The topological polar surface area (TPSA) is 21.3 Å². The molecular weight excluding hydrogens is 186 g/mol. The van der Waals surface area contributed by atoms with Crippen LogP contribution in [0.25, 0.3) is 0 Å². The van der Waals surface area contributed by atoms with Crippen molar-refractivity contribution >= 4 is 0 Å². The molecule has 0 aromatic carbocycles. The van der Waals surface area contributed by atoms with Crippen LogP contribution in [0, 0.1) is 11.8 Å². The predicted molar refractivity (Wildman–Crippen MR) is 62.9 cm³/mol. The van der Waals surface area contributed by atoms with Crippen LogP contribution in [0.4, 0.5) is 0 Å². The van der Waals surface area contributed by atoms with Crippen LogP contribution in [-0.4, -0.2) is 25.3 Å². The molecule has 2 nitrogen and oxygen atoms in total. The van der Waals surface area contributed by atoms with E-state index in [1.165, 1.54) is 38.6 Å². The lowest BCUT2D eigenvalue weighted by molar-refractivity contribution is -0.0111. The molecule has 0 spiro atoms. The molecule has 1 saturated heterocycles. The number of ether oxygens (including phenoxy) is 1. The minimum absolute atomic E-state index is 0.579. The molecule has 0 aromatic rings. The Balaban J connectivity index is 1.63. The minimum Gasteiger partial charge on any atom is -0.378 e. The first kappa shape index (κ1) is 11.4. The number of rotatable bonds is 5. The summed E-state index contributed by atoms with van der Waals surface area (Å²) in [5.41, 5.74) is 0. The van der Waals surface area contributed by atoms with Crippen molar-refractivity contribution in [3.8, 4) is 0 Å². The SMILES string of the molecule is CC(C)CCN[C@@H]1CCO[C@H](C2CC2)C1. The van der Waals surface area contributed by atoms with E-state index in [-0.39, 0.29) is 0 Å². The molecule has 0 amide bonds. The average molecular weight is 211 g/mol. The van der Waals surface area contributed by atoms with Gasteiger partial charge in [-0.25, -0.2) is 0 Å². The van der Waals surface area contributed by atoms with Gasteiger partial charge in [-0.3, -0.25) is 0 Å². The highest BCUT2D eigenvalue weighted by Crippen LogP contribution is 2.38. The summed E-state index contributed by atoms with van der Waals surface area (Å²) in [4.78, 5) is 0. The number of hydrogen-bond donors (Lipinski definition) is 1. The standard InChI is InChI=1S/C13H25NO/c1-10(2)5-7-14-12-6-8-15-13(9-12)11-3-4-11/h10-14H,3-9H2,1-2H3/t12-,13+/m1/s1. The molecular formula is C13H25NO. The lowest BCUT2D eigenvalue weighted by atomic mass is 9.99. The second kappa shape index (κ2) is 5.31. The summed E-state index contributed by atoms with van der Waals surface area (Å²) in [6.45, 7) is 6.73. The highest BCUT2D eigenvalue weighted by Gasteiger charge is 2.35. The van der Waals surface area contributed by atoms with Crippen molar-refractivity contribution < 1.29 is 4.74 Å². The first-order chi connectivity index (χ1) is 7.25. The zero-order valence-electron chi connectivity index (χ0n) is 10.2. The summed E-state index contributed by atoms with van der Waals surface area (Å²) < 4.78 is 5.82. The Morgan fingerprint density at radius 1 is 1.27 bits per heavy atom. The Morgan fingerprint density at radius 2 is 2.07 bits per heavy atom. The summed E-state index contributed by atoms with van der Waals surface area (Å²) in [6.07, 6.45) is 7.15. The monoisotopic (exact) mass is 211 g/mol. The van der Waals surface area contributed by atoms with Gasteiger partial charge in [0.15, 0.2) is 0 Å². The maximum Gasteiger partial charge on any atom is 0.0618 e. The molecule has 0 aromatic heterocycles. The van der Waals surface area contributed by atoms with Crippen molar-refractivity contribution in [3.05, 3.63) is 0 Å². The summed E-state index contributed by atoms with van der Waals surface area (Å²) >= 11 is 0. The van der Waals surface area contributed by atoms with Crippen LogP contribution in [0.5, 0.6) is 0 Å². The van der Waals surface area contributed by atoms with E-state index in [4.69, 9.17) is 4.74 Å². The molecule has 0 radical (unpaired) electrons. The third-order valence-electron chi connectivity index (χ3n) is 3.62. The summed E-state index contributed by atoms with van der Waals surface area (Å²) in [5, 5.41) is 3.69. The molecule has 2 rings (SSSR count). The number of hydrogen-bond acceptors (Lipinski definition) is 2. The van der Waals surface area contributed by atoms with Crippen molar-refractivity contribution in [3.63, 3.8) is 0 Å². The number of nitrogens with one attached hydrogen (secondary N) is 1. The molecule has 88 valence electrons. The highest BCUT2D eigenvalue weighted by molar-refractivity contribution is 4.88. The third-order valence-corrected chi connectivity index (χ3v) is 3.62. The van der Waals surface area contributed by atoms with E-state index in [2.05, 4.69) is 19.2 Å². The molecule has 1 aliphatic carbocycles. The predicted octanol–water partition coefficient (Wildman–Crippen LogP) is 2.58. The summed E-state index contributed by atoms with van der Waals surface area (Å²) in [5.74, 6) is 1.72. The maximum absolute atomic E-state index is 5.82. The van der Waals surface area contributed by atoms with E-state index >= 15 is 0 Å². The Labute approximate surface area is 93.8 Å². The summed E-state index contributed by atoms with van der Waals surface area (Å²) in [7, 11) is 0. The van der Waals surface area contributed by atoms with Gasteiger partial charge in [-0.1, -0.05) is 13.8 Å². The van der Waals surface area contributed by atoms with Gasteiger partial charge in [-0.2, -0.15) is 0 Å². The van der Waals surface area contributed by atoms with E-state index in [0.717, 1.165) is 24.5 Å². The second-order valence-corrected chi connectivity index (χ2v) is 5.60. The second-order valence-electron chi connectivity index (χ2n) is 5.60. The van der Waals surface area contributed by atoms with E-state index in [1.807, 2.05) is 0 Å². The van der Waals surface area contributed by atoms with Gasteiger partial charge in [0.05, 0.1) is 6.10 Å². The molecule has 1 saturated carbocycles. The fraction of sp³-hybridized carbons (Fsp3) is 1.00. The van der Waals surface area contributed by atoms with Crippen molar-refractivity contribution in [2.45, 2.75) is 58.1 Å². The van der Waals surface area contributed by atoms with E-state index in [9.17, 15) is 0 Å². The van der Waals surface area contributed by atoms with E-state index in [1.54, 1.807) is 0 Å². The van der Waals surface area contributed by atoms with Gasteiger partial charge >= 0.3 is 0 Å².